The van der Waals surface area contributed by atoms with Crippen LogP contribution in [0, 0.1) is 0 Å². The van der Waals surface area contributed by atoms with Crippen LogP contribution in [0.2, 0.25) is 0 Å². The molecule has 1 aliphatic rings. The van der Waals surface area contributed by atoms with Crippen molar-refractivity contribution >= 4 is 29.1 Å². The minimum absolute atomic E-state index is 0.00439. The second-order valence-corrected chi connectivity index (χ2v) is 7.56. The predicted octanol–water partition coefficient (Wildman–Crippen LogP) is 3.42. The third-order valence-corrected chi connectivity index (χ3v) is 5.29. The van der Waals surface area contributed by atoms with Crippen LogP contribution in [0.5, 0.6) is 0 Å². The van der Waals surface area contributed by atoms with Crippen molar-refractivity contribution < 1.29 is 14.3 Å². The highest BCUT2D eigenvalue weighted by Gasteiger charge is 2.24. The SMILES string of the molecule is Nc1ccccc1NC(=O)c1ccc(N2CC[C@H](NC(=O)OCc3ccccn3)C2)cc1. The lowest BCUT2D eigenvalue weighted by atomic mass is 10.1. The molecule has 0 bridgehead atoms. The first-order valence-electron chi connectivity index (χ1n) is 10.4. The molecular formula is C24H25N5O3. The normalized spacial score (nSPS) is 15.2. The Hall–Kier alpha value is -4.07. The summed E-state index contributed by atoms with van der Waals surface area (Å²) in [5.41, 5.74) is 9.24. The highest BCUT2D eigenvalue weighted by atomic mass is 16.5. The first-order chi connectivity index (χ1) is 15.6. The molecule has 3 aromatic rings. The summed E-state index contributed by atoms with van der Waals surface area (Å²) in [5, 5.41) is 5.73. The van der Waals surface area contributed by atoms with Crippen LogP contribution in [0.1, 0.15) is 22.5 Å². The summed E-state index contributed by atoms with van der Waals surface area (Å²) in [6.07, 6.45) is 2.03. The quantitative estimate of drug-likeness (QED) is 0.516. The second kappa shape index (κ2) is 9.82. The number of carbonyl (C=O) groups is 2. The standard InChI is InChI=1S/C24H25N5O3/c25-21-6-1-2-7-22(21)28-23(30)17-8-10-20(11-9-17)29-14-12-18(15-29)27-24(31)32-16-19-5-3-4-13-26-19/h1-11,13,18H,12,14-16,25H2,(H,27,31)(H,28,30)/t18-/m0/s1. The summed E-state index contributed by atoms with van der Waals surface area (Å²) in [5.74, 6) is -0.217. The number of anilines is 3. The lowest BCUT2D eigenvalue weighted by Crippen LogP contribution is -2.37. The molecule has 4 N–H and O–H groups in total. The van der Waals surface area contributed by atoms with Crippen molar-refractivity contribution in [3.05, 3.63) is 84.2 Å². The van der Waals surface area contributed by atoms with Crippen molar-refractivity contribution in [3.8, 4) is 0 Å². The van der Waals surface area contributed by atoms with E-state index in [1.165, 1.54) is 0 Å². The number of hydrogen-bond donors (Lipinski definition) is 3. The van der Waals surface area contributed by atoms with Crippen molar-refractivity contribution in [1.29, 1.82) is 0 Å². The topological polar surface area (TPSA) is 110 Å². The van der Waals surface area contributed by atoms with E-state index in [1.807, 2.05) is 42.5 Å². The number of benzene rings is 2. The number of rotatable bonds is 6. The number of nitrogen functional groups attached to an aromatic ring is 1. The Morgan fingerprint density at radius 1 is 1.06 bits per heavy atom. The van der Waals surface area contributed by atoms with E-state index in [0.717, 1.165) is 18.7 Å². The first-order valence-corrected chi connectivity index (χ1v) is 10.4. The van der Waals surface area contributed by atoms with E-state index in [9.17, 15) is 9.59 Å². The van der Waals surface area contributed by atoms with Crippen molar-refractivity contribution in [2.24, 2.45) is 0 Å². The molecule has 1 fully saturated rings. The molecule has 1 saturated heterocycles. The fourth-order valence-electron chi connectivity index (χ4n) is 3.57. The van der Waals surface area contributed by atoms with Gasteiger partial charge in [0, 0.05) is 30.5 Å². The Labute approximate surface area is 186 Å². The van der Waals surface area contributed by atoms with E-state index in [-0.39, 0.29) is 18.6 Å². The molecule has 4 rings (SSSR count). The number of para-hydroxylation sites is 2. The zero-order valence-electron chi connectivity index (χ0n) is 17.5. The number of aromatic nitrogens is 1. The molecule has 0 unspecified atom stereocenters. The lowest BCUT2D eigenvalue weighted by molar-refractivity contribution is 0.102. The second-order valence-electron chi connectivity index (χ2n) is 7.56. The van der Waals surface area contributed by atoms with Gasteiger partial charge in [0.2, 0.25) is 0 Å². The van der Waals surface area contributed by atoms with Crippen molar-refractivity contribution in [2.75, 3.05) is 29.0 Å². The minimum Gasteiger partial charge on any atom is -0.443 e. The maximum Gasteiger partial charge on any atom is 0.407 e. The average molecular weight is 431 g/mol. The Morgan fingerprint density at radius 2 is 1.84 bits per heavy atom. The maximum atomic E-state index is 12.5. The third-order valence-electron chi connectivity index (χ3n) is 5.29. The van der Waals surface area contributed by atoms with E-state index in [4.69, 9.17) is 10.5 Å². The summed E-state index contributed by atoms with van der Waals surface area (Å²) < 4.78 is 5.25. The third kappa shape index (κ3) is 5.34. The molecule has 8 heteroatoms. The van der Waals surface area contributed by atoms with Gasteiger partial charge in [-0.1, -0.05) is 18.2 Å². The Balaban J connectivity index is 1.27. The van der Waals surface area contributed by atoms with E-state index in [1.54, 1.807) is 30.5 Å². The summed E-state index contributed by atoms with van der Waals surface area (Å²) in [6.45, 7) is 1.61. The van der Waals surface area contributed by atoms with Crippen LogP contribution >= 0.6 is 0 Å². The first kappa shape index (κ1) is 21.2. The Kier molecular flexibility index (Phi) is 6.50. The number of pyridine rings is 1. The molecule has 2 amide bonds. The van der Waals surface area contributed by atoms with Crippen molar-refractivity contribution in [1.82, 2.24) is 10.3 Å². The summed E-state index contributed by atoms with van der Waals surface area (Å²) in [4.78, 5) is 30.9. The van der Waals surface area contributed by atoms with Gasteiger partial charge < -0.3 is 26.0 Å². The summed E-state index contributed by atoms with van der Waals surface area (Å²) in [6, 6.07) is 20.0. The van der Waals surface area contributed by atoms with Crippen LogP contribution in [0.3, 0.4) is 0 Å². The van der Waals surface area contributed by atoms with Gasteiger partial charge >= 0.3 is 6.09 Å². The molecule has 1 atom stereocenters. The molecule has 0 spiro atoms. The Morgan fingerprint density at radius 3 is 2.59 bits per heavy atom. The van der Waals surface area contributed by atoms with Gasteiger partial charge in [0.25, 0.3) is 5.91 Å². The average Bonchev–Trinajstić information content (AvgIpc) is 3.28. The number of nitrogens with two attached hydrogens (primary N) is 1. The summed E-state index contributed by atoms with van der Waals surface area (Å²) in [7, 11) is 0. The van der Waals surface area contributed by atoms with Gasteiger partial charge in [-0.3, -0.25) is 9.78 Å². The molecule has 0 radical (unpaired) electrons. The highest BCUT2D eigenvalue weighted by molar-refractivity contribution is 6.05. The lowest BCUT2D eigenvalue weighted by Gasteiger charge is -2.19. The molecule has 0 saturated carbocycles. The number of nitrogens with one attached hydrogen (secondary N) is 2. The Bertz CT molecular complexity index is 1070. The van der Waals surface area contributed by atoms with Crippen molar-refractivity contribution in [3.63, 3.8) is 0 Å². The largest absolute Gasteiger partial charge is 0.443 e. The molecular weight excluding hydrogens is 406 g/mol. The molecule has 2 aromatic carbocycles. The van der Waals surface area contributed by atoms with E-state index in [2.05, 4.69) is 20.5 Å². The van der Waals surface area contributed by atoms with Gasteiger partial charge in [-0.25, -0.2) is 4.79 Å². The van der Waals surface area contributed by atoms with Crippen LogP contribution in [0.15, 0.2) is 72.9 Å². The highest BCUT2D eigenvalue weighted by Crippen LogP contribution is 2.22. The molecule has 164 valence electrons. The van der Waals surface area contributed by atoms with Gasteiger partial charge in [-0.2, -0.15) is 0 Å². The molecule has 1 aliphatic heterocycles. The number of hydrogen-bond acceptors (Lipinski definition) is 6. The molecule has 8 nitrogen and oxygen atoms in total. The number of nitrogens with zero attached hydrogens (tertiary/aromatic N) is 2. The minimum atomic E-state index is -0.449. The number of ether oxygens (including phenoxy) is 1. The number of amides is 2. The number of alkyl carbamates (subject to hydrolysis) is 1. The van der Waals surface area contributed by atoms with E-state index in [0.29, 0.717) is 29.2 Å². The predicted molar refractivity (Wildman–Crippen MR) is 123 cm³/mol. The molecule has 1 aromatic heterocycles. The molecule has 2 heterocycles. The van der Waals surface area contributed by atoms with Crippen molar-refractivity contribution in [2.45, 2.75) is 19.1 Å². The number of carbonyl (C=O) groups excluding carboxylic acids is 2. The van der Waals surface area contributed by atoms with Crippen LogP contribution in [0.4, 0.5) is 21.9 Å². The van der Waals surface area contributed by atoms with Gasteiger partial charge in [0.05, 0.1) is 23.1 Å². The zero-order chi connectivity index (χ0) is 22.3. The van der Waals surface area contributed by atoms with Crippen LogP contribution < -0.4 is 21.3 Å². The monoisotopic (exact) mass is 431 g/mol. The molecule has 0 aliphatic carbocycles. The van der Waals surface area contributed by atoms with Gasteiger partial charge in [0.15, 0.2) is 0 Å². The summed E-state index contributed by atoms with van der Waals surface area (Å²) >= 11 is 0. The van der Waals surface area contributed by atoms with Gasteiger partial charge in [0.1, 0.15) is 6.61 Å². The fourth-order valence-corrected chi connectivity index (χ4v) is 3.57. The van der Waals surface area contributed by atoms with E-state index >= 15 is 0 Å². The van der Waals surface area contributed by atoms with Crippen LogP contribution in [-0.2, 0) is 11.3 Å². The smallest absolute Gasteiger partial charge is 0.407 e. The fraction of sp³-hybridized carbons (Fsp3) is 0.208. The van der Waals surface area contributed by atoms with Crippen LogP contribution in [-0.4, -0.2) is 36.1 Å². The van der Waals surface area contributed by atoms with Gasteiger partial charge in [-0.05, 0) is 55.0 Å². The maximum absolute atomic E-state index is 12.5. The van der Waals surface area contributed by atoms with Crippen LogP contribution in [0.25, 0.3) is 0 Å². The zero-order valence-corrected chi connectivity index (χ0v) is 17.5. The molecule has 32 heavy (non-hydrogen) atoms. The van der Waals surface area contributed by atoms with Gasteiger partial charge in [-0.15, -0.1) is 0 Å². The van der Waals surface area contributed by atoms with E-state index < -0.39 is 6.09 Å².